The van der Waals surface area contributed by atoms with E-state index in [1.54, 1.807) is 35.2 Å². The molecule has 25 heavy (non-hydrogen) atoms. The zero-order valence-electron chi connectivity index (χ0n) is 14.2. The average Bonchev–Trinajstić information content (AvgIpc) is 2.85. The summed E-state index contributed by atoms with van der Waals surface area (Å²) < 4.78 is 28.9. The summed E-state index contributed by atoms with van der Waals surface area (Å²) in [6, 6.07) is 10.2. The third-order valence-electron chi connectivity index (χ3n) is 4.33. The Bertz CT molecular complexity index is 957. The molecule has 0 bridgehead atoms. The lowest BCUT2D eigenvalue weighted by molar-refractivity contribution is -0.116. The number of nitrogens with zero attached hydrogens (tertiary/aromatic N) is 1. The van der Waals surface area contributed by atoms with E-state index in [1.165, 1.54) is 6.92 Å². The first-order valence-electron chi connectivity index (χ1n) is 7.91. The molecule has 5 nitrogen and oxygen atoms in total. The second kappa shape index (κ2) is 6.46. The van der Waals surface area contributed by atoms with Gasteiger partial charge in [-0.2, -0.15) is 0 Å². The van der Waals surface area contributed by atoms with Crippen LogP contribution >= 0.6 is 15.9 Å². The molecule has 1 heterocycles. The number of rotatable bonds is 3. The van der Waals surface area contributed by atoms with E-state index in [0.29, 0.717) is 12.1 Å². The van der Waals surface area contributed by atoms with Crippen LogP contribution in [0, 0.1) is 6.92 Å². The Morgan fingerprint density at radius 2 is 1.96 bits per heavy atom. The minimum absolute atomic E-state index is 0.0348. The van der Waals surface area contributed by atoms with Crippen LogP contribution in [0.25, 0.3) is 0 Å². The third kappa shape index (κ3) is 3.43. The molecule has 0 fully saturated rings. The van der Waals surface area contributed by atoms with E-state index in [4.69, 9.17) is 0 Å². The number of nitrogens with one attached hydrogen (secondary N) is 1. The molecule has 1 N–H and O–H groups in total. The fourth-order valence-electron chi connectivity index (χ4n) is 3.18. The fourth-order valence-corrected chi connectivity index (χ4v) is 4.52. The number of benzene rings is 2. The van der Waals surface area contributed by atoms with Gasteiger partial charge in [-0.15, -0.1) is 0 Å². The Kier molecular flexibility index (Phi) is 4.64. The normalized spacial score (nSPS) is 16.6. The Hall–Kier alpha value is -1.86. The lowest BCUT2D eigenvalue weighted by Crippen LogP contribution is -2.33. The quantitative estimate of drug-likeness (QED) is 0.816. The predicted octanol–water partition coefficient (Wildman–Crippen LogP) is 3.86. The van der Waals surface area contributed by atoms with Gasteiger partial charge in [0.1, 0.15) is 0 Å². The van der Waals surface area contributed by atoms with Crippen molar-refractivity contribution in [3.05, 3.63) is 52.0 Å². The Morgan fingerprint density at radius 3 is 2.60 bits per heavy atom. The highest BCUT2D eigenvalue weighted by Gasteiger charge is 2.30. The molecule has 1 unspecified atom stereocenters. The highest BCUT2D eigenvalue weighted by molar-refractivity contribution is 9.10. The van der Waals surface area contributed by atoms with Crippen LogP contribution in [0.3, 0.4) is 0 Å². The van der Waals surface area contributed by atoms with Gasteiger partial charge in [-0.1, -0.05) is 15.9 Å². The number of halogens is 1. The maximum atomic E-state index is 12.7. The molecule has 7 heteroatoms. The zero-order valence-corrected chi connectivity index (χ0v) is 16.6. The summed E-state index contributed by atoms with van der Waals surface area (Å²) in [6.07, 6.45) is 0.648. The molecular weight excluding hydrogens is 404 g/mol. The second-order valence-electron chi connectivity index (χ2n) is 6.30. The average molecular weight is 423 g/mol. The van der Waals surface area contributed by atoms with Crippen molar-refractivity contribution in [2.45, 2.75) is 38.1 Å². The fraction of sp³-hybridized carbons (Fsp3) is 0.278. The smallest absolute Gasteiger partial charge is 0.261 e. The van der Waals surface area contributed by atoms with Crippen LogP contribution in [0.5, 0.6) is 0 Å². The van der Waals surface area contributed by atoms with Gasteiger partial charge in [0, 0.05) is 28.8 Å². The number of aryl methyl sites for hydroxylation is 1. The minimum atomic E-state index is -3.69. The maximum Gasteiger partial charge on any atom is 0.261 e. The number of carbonyl (C=O) groups excluding carboxylic acids is 1. The van der Waals surface area contributed by atoms with Gasteiger partial charge in [0.2, 0.25) is 5.91 Å². The van der Waals surface area contributed by atoms with Crippen LogP contribution in [0.2, 0.25) is 0 Å². The largest absolute Gasteiger partial charge is 0.309 e. The van der Waals surface area contributed by atoms with E-state index in [1.807, 2.05) is 19.9 Å². The van der Waals surface area contributed by atoms with E-state index >= 15 is 0 Å². The molecule has 0 radical (unpaired) electrons. The molecule has 3 rings (SSSR count). The molecule has 1 aliphatic heterocycles. The number of fused-ring (bicyclic) bond motifs is 1. The van der Waals surface area contributed by atoms with E-state index in [9.17, 15) is 13.2 Å². The zero-order chi connectivity index (χ0) is 18.4. The van der Waals surface area contributed by atoms with Crippen molar-refractivity contribution in [1.29, 1.82) is 0 Å². The molecule has 2 aromatic carbocycles. The van der Waals surface area contributed by atoms with Crippen LogP contribution in [-0.2, 0) is 21.2 Å². The number of sulfonamides is 1. The van der Waals surface area contributed by atoms with Crippen molar-refractivity contribution in [2.24, 2.45) is 0 Å². The number of hydrogen-bond donors (Lipinski definition) is 1. The molecule has 0 aromatic heterocycles. The van der Waals surface area contributed by atoms with Gasteiger partial charge in [-0.05, 0) is 67.8 Å². The maximum absolute atomic E-state index is 12.7. The Balaban J connectivity index is 1.93. The lowest BCUT2D eigenvalue weighted by Gasteiger charge is -2.20. The van der Waals surface area contributed by atoms with Gasteiger partial charge >= 0.3 is 0 Å². The summed E-state index contributed by atoms with van der Waals surface area (Å²) in [5.74, 6) is -0.0367. The molecule has 132 valence electrons. The van der Waals surface area contributed by atoms with Gasteiger partial charge in [-0.25, -0.2) is 8.42 Å². The van der Waals surface area contributed by atoms with Crippen LogP contribution < -0.4 is 9.62 Å². The molecule has 0 saturated carbocycles. The van der Waals surface area contributed by atoms with Crippen molar-refractivity contribution in [1.82, 2.24) is 0 Å². The SMILES string of the molecule is CC(=O)N1c2ccc(S(=O)(=O)Nc3ccc(Br)c(C)c3)cc2CC1C. The summed E-state index contributed by atoms with van der Waals surface area (Å²) in [7, 11) is -3.69. The van der Waals surface area contributed by atoms with Crippen LogP contribution in [0.15, 0.2) is 45.8 Å². The predicted molar refractivity (Wildman–Crippen MR) is 102 cm³/mol. The molecule has 1 aliphatic rings. The van der Waals surface area contributed by atoms with Crippen molar-refractivity contribution >= 4 is 43.2 Å². The van der Waals surface area contributed by atoms with Crippen LogP contribution in [-0.4, -0.2) is 20.4 Å². The molecular formula is C18H19BrN2O3S. The van der Waals surface area contributed by atoms with Crippen molar-refractivity contribution in [3.63, 3.8) is 0 Å². The van der Waals surface area contributed by atoms with E-state index in [0.717, 1.165) is 21.3 Å². The molecule has 0 aliphatic carbocycles. The van der Waals surface area contributed by atoms with E-state index in [-0.39, 0.29) is 16.8 Å². The van der Waals surface area contributed by atoms with Gasteiger partial charge in [0.15, 0.2) is 0 Å². The molecule has 1 atom stereocenters. The summed E-state index contributed by atoms with van der Waals surface area (Å²) in [4.78, 5) is 13.7. The first kappa shape index (κ1) is 17.9. The lowest BCUT2D eigenvalue weighted by atomic mass is 10.1. The van der Waals surface area contributed by atoms with Gasteiger partial charge in [0.05, 0.1) is 4.90 Å². The Labute approximate surface area is 156 Å². The molecule has 0 spiro atoms. The number of hydrogen-bond acceptors (Lipinski definition) is 3. The summed E-state index contributed by atoms with van der Waals surface area (Å²) in [5.41, 5.74) is 3.12. The highest BCUT2D eigenvalue weighted by atomic mass is 79.9. The minimum Gasteiger partial charge on any atom is -0.309 e. The molecule has 2 aromatic rings. The van der Waals surface area contributed by atoms with Crippen molar-refractivity contribution in [3.8, 4) is 0 Å². The summed E-state index contributed by atoms with van der Waals surface area (Å²) in [5, 5.41) is 0. The van der Waals surface area contributed by atoms with E-state index in [2.05, 4.69) is 20.7 Å². The second-order valence-corrected chi connectivity index (χ2v) is 8.84. The van der Waals surface area contributed by atoms with Crippen LogP contribution in [0.1, 0.15) is 25.0 Å². The highest BCUT2D eigenvalue weighted by Crippen LogP contribution is 2.34. The topological polar surface area (TPSA) is 66.5 Å². The third-order valence-corrected chi connectivity index (χ3v) is 6.60. The first-order valence-corrected chi connectivity index (χ1v) is 10.2. The number of anilines is 2. The van der Waals surface area contributed by atoms with Gasteiger partial charge in [0.25, 0.3) is 10.0 Å². The van der Waals surface area contributed by atoms with Gasteiger partial charge < -0.3 is 4.90 Å². The van der Waals surface area contributed by atoms with Crippen LogP contribution in [0.4, 0.5) is 11.4 Å². The summed E-state index contributed by atoms with van der Waals surface area (Å²) >= 11 is 3.40. The van der Waals surface area contributed by atoms with Crippen molar-refractivity contribution in [2.75, 3.05) is 9.62 Å². The molecule has 0 saturated heterocycles. The Morgan fingerprint density at radius 1 is 1.24 bits per heavy atom. The van der Waals surface area contributed by atoms with E-state index < -0.39 is 10.0 Å². The number of amides is 1. The molecule has 1 amide bonds. The first-order chi connectivity index (χ1) is 11.7. The standard InChI is InChI=1S/C18H19BrN2O3S/c1-11-8-15(4-6-17(11)19)20-25(23,24)16-5-7-18-14(10-16)9-12(2)21(18)13(3)22/h4-8,10,12,20H,9H2,1-3H3. The van der Waals surface area contributed by atoms with Gasteiger partial charge in [-0.3, -0.25) is 9.52 Å². The number of carbonyl (C=O) groups is 1. The van der Waals surface area contributed by atoms with Crippen molar-refractivity contribution < 1.29 is 13.2 Å². The summed E-state index contributed by atoms with van der Waals surface area (Å²) in [6.45, 7) is 5.38. The monoisotopic (exact) mass is 422 g/mol.